The molecule has 7 rings (SSSR count). The van der Waals surface area contributed by atoms with Crippen molar-refractivity contribution in [3.63, 3.8) is 0 Å². The Kier molecular flexibility index (Phi) is 8.54. The van der Waals surface area contributed by atoms with Crippen molar-refractivity contribution >= 4 is 28.0 Å². The highest BCUT2D eigenvalue weighted by Crippen LogP contribution is 2.61. The van der Waals surface area contributed by atoms with Crippen LogP contribution in [0.25, 0.3) is 0 Å². The summed E-state index contributed by atoms with van der Waals surface area (Å²) in [5.41, 5.74) is 0.156. The summed E-state index contributed by atoms with van der Waals surface area (Å²) in [6.07, 6.45) is 3.71. The standard InChI is InChI=1S/C30H42F2O11S/c1-3-22(40-14-29-11-16-7-17(12-29)9-18(8-16)13-29)42-27(34)23-19-10-20-24(23)28(35)43-26(20)25(19)41-21(33)5-4-6-39-15(2)30(31,32)44(36,37)38/h15-20,22-26H,3-14H2,1-2H3,(H,36,37,38). The second-order valence-electron chi connectivity index (χ2n) is 14.1. The molecule has 8 atom stereocenters. The molecule has 14 heteroatoms. The maximum absolute atomic E-state index is 13.6. The number of rotatable bonds is 14. The van der Waals surface area contributed by atoms with Gasteiger partial charge in [-0.05, 0) is 81.5 Å². The lowest BCUT2D eigenvalue weighted by molar-refractivity contribution is -0.204. The highest BCUT2D eigenvalue weighted by atomic mass is 32.2. The van der Waals surface area contributed by atoms with Crippen LogP contribution < -0.4 is 0 Å². The number of carbonyl (C=O) groups excluding carboxylic acids is 3. The van der Waals surface area contributed by atoms with Crippen molar-refractivity contribution in [2.75, 3.05) is 13.2 Å². The molecule has 1 heterocycles. The number of ether oxygens (including phenoxy) is 5. The van der Waals surface area contributed by atoms with Gasteiger partial charge in [-0.1, -0.05) is 6.92 Å². The van der Waals surface area contributed by atoms with Gasteiger partial charge in [-0.15, -0.1) is 0 Å². The van der Waals surface area contributed by atoms with Crippen molar-refractivity contribution in [1.82, 2.24) is 0 Å². The van der Waals surface area contributed by atoms with Crippen molar-refractivity contribution in [3.8, 4) is 0 Å². The number of esters is 3. The van der Waals surface area contributed by atoms with E-state index in [2.05, 4.69) is 0 Å². The van der Waals surface area contributed by atoms with Gasteiger partial charge in [-0.25, -0.2) is 0 Å². The zero-order chi connectivity index (χ0) is 31.6. The van der Waals surface area contributed by atoms with E-state index in [0.717, 1.165) is 24.7 Å². The molecule has 248 valence electrons. The molecule has 0 aromatic heterocycles. The van der Waals surface area contributed by atoms with Gasteiger partial charge in [0.05, 0.1) is 18.4 Å². The number of hydrogen-bond donors (Lipinski definition) is 1. The van der Waals surface area contributed by atoms with Gasteiger partial charge in [0.25, 0.3) is 0 Å². The summed E-state index contributed by atoms with van der Waals surface area (Å²) in [7, 11) is -5.66. The van der Waals surface area contributed by atoms with Crippen LogP contribution in [0.4, 0.5) is 8.78 Å². The average Bonchev–Trinajstić information content (AvgIpc) is 3.56. The molecule has 1 N–H and O–H groups in total. The van der Waals surface area contributed by atoms with Gasteiger partial charge >= 0.3 is 33.3 Å². The molecule has 1 aliphatic heterocycles. The molecule has 0 aromatic carbocycles. The molecule has 0 spiro atoms. The number of fused-ring (bicyclic) bond motifs is 1. The van der Waals surface area contributed by atoms with E-state index in [1.165, 1.54) is 38.5 Å². The lowest BCUT2D eigenvalue weighted by atomic mass is 9.50. The van der Waals surface area contributed by atoms with Crippen molar-refractivity contribution in [2.24, 2.45) is 46.8 Å². The first-order chi connectivity index (χ1) is 20.7. The Morgan fingerprint density at radius 1 is 1.07 bits per heavy atom. The SMILES string of the molecule is CCC(OCC12CC3CC(CC(C3)C1)C2)OC(=O)C1C2CC3C(OC(=O)C31)C2OC(=O)CCCOC(C)C(F)(F)S(=O)(=O)O. The Labute approximate surface area is 255 Å². The minimum Gasteiger partial charge on any atom is -0.458 e. The Bertz CT molecular complexity index is 1220. The Hall–Kier alpha value is -1.90. The molecule has 0 amide bonds. The van der Waals surface area contributed by atoms with Gasteiger partial charge in [-0.2, -0.15) is 17.2 Å². The van der Waals surface area contributed by atoms with E-state index < -0.39 is 82.2 Å². The fraction of sp³-hybridized carbons (Fsp3) is 0.900. The van der Waals surface area contributed by atoms with Crippen LogP contribution in [0, 0.1) is 46.8 Å². The van der Waals surface area contributed by atoms with Gasteiger partial charge < -0.3 is 23.7 Å². The molecule has 0 aromatic rings. The summed E-state index contributed by atoms with van der Waals surface area (Å²) in [6.45, 7) is 2.85. The maximum atomic E-state index is 13.6. The van der Waals surface area contributed by atoms with E-state index in [-0.39, 0.29) is 24.2 Å². The molecular weight excluding hydrogens is 606 g/mol. The zero-order valence-corrected chi connectivity index (χ0v) is 25.8. The van der Waals surface area contributed by atoms with Crippen LogP contribution in [0.3, 0.4) is 0 Å². The monoisotopic (exact) mass is 648 g/mol. The van der Waals surface area contributed by atoms with Crippen LogP contribution in [-0.2, 0) is 48.2 Å². The summed E-state index contributed by atoms with van der Waals surface area (Å²) >= 11 is 0. The topological polar surface area (TPSA) is 152 Å². The van der Waals surface area contributed by atoms with E-state index in [4.69, 9.17) is 28.2 Å². The van der Waals surface area contributed by atoms with Gasteiger partial charge in [0.15, 0.2) is 0 Å². The molecule has 7 fully saturated rings. The predicted molar refractivity (Wildman–Crippen MR) is 146 cm³/mol. The van der Waals surface area contributed by atoms with Gasteiger partial charge in [0.2, 0.25) is 6.29 Å². The molecule has 6 bridgehead atoms. The normalized spacial score (nSPS) is 39.8. The summed E-state index contributed by atoms with van der Waals surface area (Å²) in [4.78, 5) is 38.9. The van der Waals surface area contributed by atoms with Crippen LogP contribution in [0.2, 0.25) is 0 Å². The maximum Gasteiger partial charge on any atom is 0.394 e. The Morgan fingerprint density at radius 3 is 2.30 bits per heavy atom. The summed E-state index contributed by atoms with van der Waals surface area (Å²) in [5, 5.41) is -4.50. The quantitative estimate of drug-likeness (QED) is 0.0961. The lowest BCUT2D eigenvalue weighted by Gasteiger charge is -2.56. The molecule has 1 saturated heterocycles. The lowest BCUT2D eigenvalue weighted by Crippen LogP contribution is -2.49. The molecule has 0 radical (unpaired) electrons. The molecule has 11 nitrogen and oxygen atoms in total. The molecule has 7 aliphatic rings. The molecule has 8 unspecified atom stereocenters. The molecule has 6 aliphatic carbocycles. The minimum absolute atomic E-state index is 0.0661. The number of carbonyl (C=O) groups is 3. The largest absolute Gasteiger partial charge is 0.458 e. The third-order valence-corrected chi connectivity index (χ3v) is 12.1. The van der Waals surface area contributed by atoms with Crippen molar-refractivity contribution < 1.29 is 59.8 Å². The van der Waals surface area contributed by atoms with E-state index in [0.29, 0.717) is 19.4 Å². The molecule has 44 heavy (non-hydrogen) atoms. The summed E-state index contributed by atoms with van der Waals surface area (Å²) in [5.74, 6) is -1.67. The van der Waals surface area contributed by atoms with Crippen LogP contribution in [0.1, 0.15) is 78.1 Å². The smallest absolute Gasteiger partial charge is 0.394 e. The van der Waals surface area contributed by atoms with E-state index in [1.807, 2.05) is 6.92 Å². The average molecular weight is 649 g/mol. The van der Waals surface area contributed by atoms with Crippen molar-refractivity contribution in [1.29, 1.82) is 0 Å². The van der Waals surface area contributed by atoms with Gasteiger partial charge in [-0.3, -0.25) is 18.9 Å². The molecular formula is C30H42F2O11S. The van der Waals surface area contributed by atoms with E-state index >= 15 is 0 Å². The van der Waals surface area contributed by atoms with Gasteiger partial charge in [0, 0.05) is 31.3 Å². The second kappa shape index (κ2) is 11.7. The summed E-state index contributed by atoms with van der Waals surface area (Å²) in [6, 6.07) is 0. The fourth-order valence-corrected chi connectivity index (χ4v) is 10.1. The minimum atomic E-state index is -5.66. The van der Waals surface area contributed by atoms with E-state index in [1.54, 1.807) is 0 Å². The van der Waals surface area contributed by atoms with Crippen molar-refractivity contribution in [3.05, 3.63) is 0 Å². The van der Waals surface area contributed by atoms with Crippen LogP contribution in [0.15, 0.2) is 0 Å². The van der Waals surface area contributed by atoms with Crippen LogP contribution in [0.5, 0.6) is 0 Å². The third-order valence-electron chi connectivity index (χ3n) is 11.1. The number of hydrogen-bond acceptors (Lipinski definition) is 10. The fourth-order valence-electron chi connectivity index (χ4n) is 9.64. The van der Waals surface area contributed by atoms with Crippen LogP contribution >= 0.6 is 0 Å². The number of alkyl halides is 2. The Morgan fingerprint density at radius 2 is 1.70 bits per heavy atom. The van der Waals surface area contributed by atoms with E-state index in [9.17, 15) is 31.6 Å². The first-order valence-corrected chi connectivity index (χ1v) is 17.3. The summed E-state index contributed by atoms with van der Waals surface area (Å²) < 4.78 is 85.8. The first-order valence-electron chi connectivity index (χ1n) is 15.9. The predicted octanol–water partition coefficient (Wildman–Crippen LogP) is 3.88. The highest BCUT2D eigenvalue weighted by molar-refractivity contribution is 7.86. The number of halogens is 2. The van der Waals surface area contributed by atoms with Crippen LogP contribution in [-0.4, -0.2) is 73.9 Å². The highest BCUT2D eigenvalue weighted by Gasteiger charge is 2.70. The second-order valence-corrected chi connectivity index (χ2v) is 15.6. The molecule has 6 saturated carbocycles. The van der Waals surface area contributed by atoms with Gasteiger partial charge in [0.1, 0.15) is 18.3 Å². The zero-order valence-electron chi connectivity index (χ0n) is 25.0. The first kappa shape index (κ1) is 32.1. The van der Waals surface area contributed by atoms with Crippen molar-refractivity contribution in [2.45, 2.75) is 108 Å². The third kappa shape index (κ3) is 5.77. The Balaban J connectivity index is 1.01.